The highest BCUT2D eigenvalue weighted by molar-refractivity contribution is 5.73. The van der Waals surface area contributed by atoms with E-state index in [1.165, 1.54) is 0 Å². The van der Waals surface area contributed by atoms with Crippen molar-refractivity contribution in [3.05, 3.63) is 0 Å². The van der Waals surface area contributed by atoms with Gasteiger partial charge in [-0.05, 0) is 0 Å². The minimum absolute atomic E-state index is 0.451. The van der Waals surface area contributed by atoms with Gasteiger partial charge in [-0.25, -0.2) is 4.79 Å². The first-order valence-corrected chi connectivity index (χ1v) is 9.39. The first kappa shape index (κ1) is 24.6. The van der Waals surface area contributed by atoms with Crippen LogP contribution in [0.1, 0.15) is 0 Å². The maximum atomic E-state index is 11.4. The molecule has 9 N–H and O–H groups in total. The summed E-state index contributed by atoms with van der Waals surface area (Å²) in [5.74, 6) is -1.66. The third kappa shape index (κ3) is 4.98. The SMILES string of the molecule is O=C(O)[C@H]1O[C@@H](O)[C@H](O[C@@H]2OC[C@@H](O)[C@H](O)[C@H]2O)[C@@H](O[C@@H]2OC[C@H](O)[C@H](O)[C@H]2O)[C@@H]1O. The largest absolute Gasteiger partial charge is 0.479 e. The molecule has 3 rings (SSSR count). The van der Waals surface area contributed by atoms with Gasteiger partial charge in [0.15, 0.2) is 25.0 Å². The third-order valence-electron chi connectivity index (χ3n) is 5.27. The number of aliphatic hydroxyl groups excluding tert-OH is 8. The van der Waals surface area contributed by atoms with E-state index < -0.39 is 99.1 Å². The van der Waals surface area contributed by atoms with E-state index in [1.54, 1.807) is 0 Å². The zero-order valence-electron chi connectivity index (χ0n) is 15.9. The number of aliphatic hydroxyl groups is 8. The highest BCUT2D eigenvalue weighted by Crippen LogP contribution is 2.31. The molecule has 3 aliphatic heterocycles. The molecule has 0 aromatic rings. The molecule has 3 saturated heterocycles. The monoisotopic (exact) mass is 458 g/mol. The quantitative estimate of drug-likeness (QED) is 0.186. The minimum Gasteiger partial charge on any atom is -0.479 e. The number of aliphatic carboxylic acids is 1. The Kier molecular flexibility index (Phi) is 7.80. The van der Waals surface area contributed by atoms with Gasteiger partial charge in [-0.3, -0.25) is 0 Å². The molecule has 0 aliphatic carbocycles. The summed E-state index contributed by atoms with van der Waals surface area (Å²) in [6.07, 6.45) is -22.7. The molecule has 15 nitrogen and oxygen atoms in total. The molecule has 0 aromatic carbocycles. The Balaban J connectivity index is 1.80. The number of carboxylic acid groups (broad SMARTS) is 1. The fourth-order valence-electron chi connectivity index (χ4n) is 3.45. The lowest BCUT2D eigenvalue weighted by molar-refractivity contribution is -0.372. The van der Waals surface area contributed by atoms with Crippen molar-refractivity contribution in [2.45, 2.75) is 79.9 Å². The summed E-state index contributed by atoms with van der Waals surface area (Å²) in [6, 6.07) is 0. The van der Waals surface area contributed by atoms with E-state index in [0.717, 1.165) is 0 Å². The summed E-state index contributed by atoms with van der Waals surface area (Å²) in [5.41, 5.74) is 0. The average molecular weight is 458 g/mol. The Bertz CT molecular complexity index is 620. The molecule has 0 amide bonds. The predicted molar refractivity (Wildman–Crippen MR) is 89.8 cm³/mol. The Hall–Kier alpha value is -1.05. The summed E-state index contributed by atoms with van der Waals surface area (Å²) in [5, 5.41) is 88.7. The number of hydrogen-bond donors (Lipinski definition) is 9. The van der Waals surface area contributed by atoms with Gasteiger partial charge < -0.3 is 69.6 Å². The summed E-state index contributed by atoms with van der Waals surface area (Å²) >= 11 is 0. The molecule has 15 heteroatoms. The molecule has 0 saturated carbocycles. The van der Waals surface area contributed by atoms with Gasteiger partial charge in [0, 0.05) is 0 Å². The number of rotatable bonds is 5. The van der Waals surface area contributed by atoms with E-state index in [9.17, 15) is 50.8 Å². The van der Waals surface area contributed by atoms with E-state index in [4.69, 9.17) is 23.7 Å². The lowest BCUT2D eigenvalue weighted by atomic mass is 9.97. The highest BCUT2D eigenvalue weighted by Gasteiger charge is 2.53. The molecule has 0 unspecified atom stereocenters. The molecule has 0 radical (unpaired) electrons. The Morgan fingerprint density at radius 1 is 0.677 bits per heavy atom. The van der Waals surface area contributed by atoms with E-state index in [0.29, 0.717) is 0 Å². The second kappa shape index (κ2) is 9.84. The lowest BCUT2D eigenvalue weighted by Gasteiger charge is -2.46. The van der Waals surface area contributed by atoms with Crippen molar-refractivity contribution >= 4 is 5.97 Å². The second-order valence-corrected chi connectivity index (χ2v) is 7.48. The molecule has 0 spiro atoms. The topological polar surface area (TPSA) is 245 Å². The third-order valence-corrected chi connectivity index (χ3v) is 5.27. The number of carboxylic acids is 1. The van der Waals surface area contributed by atoms with E-state index in [2.05, 4.69) is 0 Å². The Morgan fingerprint density at radius 3 is 1.58 bits per heavy atom. The van der Waals surface area contributed by atoms with Crippen LogP contribution in [0.25, 0.3) is 0 Å². The summed E-state index contributed by atoms with van der Waals surface area (Å²) in [4.78, 5) is 11.4. The van der Waals surface area contributed by atoms with Gasteiger partial charge in [-0.1, -0.05) is 0 Å². The zero-order valence-corrected chi connectivity index (χ0v) is 15.9. The molecule has 0 bridgehead atoms. The van der Waals surface area contributed by atoms with E-state index in [-0.39, 0.29) is 0 Å². The molecule has 3 fully saturated rings. The van der Waals surface area contributed by atoms with Gasteiger partial charge in [0.2, 0.25) is 0 Å². The van der Waals surface area contributed by atoms with Crippen LogP contribution < -0.4 is 0 Å². The number of carbonyl (C=O) groups is 1. The van der Waals surface area contributed by atoms with Crippen molar-refractivity contribution in [2.24, 2.45) is 0 Å². The fraction of sp³-hybridized carbons (Fsp3) is 0.938. The van der Waals surface area contributed by atoms with Crippen LogP contribution in [0, 0.1) is 0 Å². The van der Waals surface area contributed by atoms with Crippen LogP contribution in [-0.2, 0) is 28.5 Å². The lowest BCUT2D eigenvalue weighted by Crippen LogP contribution is -2.66. The maximum absolute atomic E-state index is 11.4. The smallest absolute Gasteiger partial charge is 0.335 e. The van der Waals surface area contributed by atoms with E-state index >= 15 is 0 Å². The van der Waals surface area contributed by atoms with Crippen LogP contribution in [0.3, 0.4) is 0 Å². The Labute approximate surface area is 174 Å². The van der Waals surface area contributed by atoms with Gasteiger partial charge in [-0.15, -0.1) is 0 Å². The highest BCUT2D eigenvalue weighted by atomic mass is 16.8. The normalized spacial score (nSPS) is 51.4. The van der Waals surface area contributed by atoms with Crippen LogP contribution in [-0.4, -0.2) is 145 Å². The first-order chi connectivity index (χ1) is 14.5. The molecule has 3 aliphatic rings. The predicted octanol–water partition coefficient (Wildman–Crippen LogP) is -6.20. The molecule has 180 valence electrons. The molecule has 3 heterocycles. The fourth-order valence-corrected chi connectivity index (χ4v) is 3.45. The van der Waals surface area contributed by atoms with Crippen molar-refractivity contribution < 1.29 is 74.4 Å². The summed E-state index contributed by atoms with van der Waals surface area (Å²) in [7, 11) is 0. The molecule has 0 aromatic heterocycles. The van der Waals surface area contributed by atoms with Crippen LogP contribution in [0.5, 0.6) is 0 Å². The molecular formula is C16H26O15. The first-order valence-electron chi connectivity index (χ1n) is 9.39. The van der Waals surface area contributed by atoms with Crippen LogP contribution >= 0.6 is 0 Å². The van der Waals surface area contributed by atoms with Crippen LogP contribution in [0.2, 0.25) is 0 Å². The maximum Gasteiger partial charge on any atom is 0.335 e. The van der Waals surface area contributed by atoms with Gasteiger partial charge in [-0.2, -0.15) is 0 Å². The molecule has 13 atom stereocenters. The van der Waals surface area contributed by atoms with E-state index in [1.807, 2.05) is 0 Å². The summed E-state index contributed by atoms with van der Waals surface area (Å²) in [6.45, 7) is -0.917. The number of hydrogen-bond acceptors (Lipinski definition) is 14. The van der Waals surface area contributed by atoms with Gasteiger partial charge >= 0.3 is 5.97 Å². The summed E-state index contributed by atoms with van der Waals surface area (Å²) < 4.78 is 25.7. The average Bonchev–Trinajstić information content (AvgIpc) is 2.72. The number of ether oxygens (including phenoxy) is 5. The molecular weight excluding hydrogens is 432 g/mol. The zero-order chi connectivity index (χ0) is 23.0. The molecule has 31 heavy (non-hydrogen) atoms. The van der Waals surface area contributed by atoms with Crippen molar-refractivity contribution in [2.75, 3.05) is 13.2 Å². The van der Waals surface area contributed by atoms with Crippen LogP contribution in [0.4, 0.5) is 0 Å². The van der Waals surface area contributed by atoms with Gasteiger partial charge in [0.1, 0.15) is 54.9 Å². The van der Waals surface area contributed by atoms with Crippen molar-refractivity contribution in [1.82, 2.24) is 0 Å². The van der Waals surface area contributed by atoms with Crippen LogP contribution in [0.15, 0.2) is 0 Å². The van der Waals surface area contributed by atoms with Crippen molar-refractivity contribution in [1.29, 1.82) is 0 Å². The Morgan fingerprint density at radius 2 is 1.13 bits per heavy atom. The van der Waals surface area contributed by atoms with Gasteiger partial charge in [0.25, 0.3) is 0 Å². The van der Waals surface area contributed by atoms with Crippen molar-refractivity contribution in [3.8, 4) is 0 Å². The minimum atomic E-state index is -2.05. The van der Waals surface area contributed by atoms with Crippen molar-refractivity contribution in [3.63, 3.8) is 0 Å². The second-order valence-electron chi connectivity index (χ2n) is 7.48. The standard InChI is InChI=1S/C16H26O15/c17-3-1-27-15(7(21)5(3)19)30-10-9(23)11(13(24)25)29-14(26)12(10)31-16-8(22)6(20)4(18)2-28-16/h3-12,14-23,26H,1-2H2,(H,24,25)/t3-,4+,5-,6-,7+,8+,9-,10-,11-,12+,14+,15-,16-/m0/s1. The van der Waals surface area contributed by atoms with Gasteiger partial charge in [0.05, 0.1) is 13.2 Å².